The zero-order valence-corrected chi connectivity index (χ0v) is 23.0. The number of anilines is 2. The van der Waals surface area contributed by atoms with Gasteiger partial charge >= 0.3 is 0 Å². The molecule has 36 heavy (non-hydrogen) atoms. The van der Waals surface area contributed by atoms with Gasteiger partial charge in [-0.2, -0.15) is 0 Å². The molecule has 0 fully saturated rings. The molecule has 0 N–H and O–H groups in total. The van der Waals surface area contributed by atoms with E-state index in [0.717, 1.165) is 31.4 Å². The average molecular weight is 604 g/mol. The molecule has 0 saturated heterocycles. The predicted molar refractivity (Wildman–Crippen MR) is 156 cm³/mol. The molecule has 0 aliphatic carbocycles. The molecule has 4 aromatic rings. The summed E-state index contributed by atoms with van der Waals surface area (Å²) >= 11 is 6.86. The number of carbonyl (C=O) groups is 2. The molecule has 0 aromatic heterocycles. The van der Waals surface area contributed by atoms with Crippen molar-refractivity contribution in [2.75, 3.05) is 23.9 Å². The second-order valence-corrected chi connectivity index (χ2v) is 10.0. The first-order valence-electron chi connectivity index (χ1n) is 11.3. The van der Waals surface area contributed by atoms with Crippen molar-refractivity contribution < 1.29 is 9.59 Å². The van der Waals surface area contributed by atoms with E-state index in [-0.39, 0.29) is 11.8 Å². The maximum atomic E-state index is 13.3. The van der Waals surface area contributed by atoms with Crippen LogP contribution in [0.2, 0.25) is 0 Å². The largest absolute Gasteiger partial charge is 0.311 e. The smallest absolute Gasteiger partial charge is 0.258 e. The molecule has 0 saturated carbocycles. The second-order valence-electron chi connectivity index (χ2n) is 8.19. The van der Waals surface area contributed by atoms with Crippen LogP contribution in [0.25, 0.3) is 12.2 Å². The quantitative estimate of drug-likeness (QED) is 0.210. The van der Waals surface area contributed by atoms with Crippen molar-refractivity contribution in [3.63, 3.8) is 0 Å². The topological polar surface area (TPSA) is 40.6 Å². The summed E-state index contributed by atoms with van der Waals surface area (Å²) in [6, 6.07) is 30.1. The summed E-state index contributed by atoms with van der Waals surface area (Å²) in [4.78, 5) is 29.9. The van der Waals surface area contributed by atoms with Gasteiger partial charge in [-0.3, -0.25) is 9.59 Å². The van der Waals surface area contributed by atoms with Crippen LogP contribution in [0.1, 0.15) is 31.8 Å². The summed E-state index contributed by atoms with van der Waals surface area (Å²) in [5.74, 6) is -0.228. The molecule has 4 rings (SSSR count). The number of hydrogen-bond donors (Lipinski definition) is 0. The average Bonchev–Trinajstić information content (AvgIpc) is 2.91. The summed E-state index contributed by atoms with van der Waals surface area (Å²) in [5.41, 5.74) is 4.30. The van der Waals surface area contributed by atoms with Gasteiger partial charge in [-0.05, 0) is 71.8 Å². The van der Waals surface area contributed by atoms with Gasteiger partial charge in [0.15, 0.2) is 0 Å². The Kier molecular flexibility index (Phi) is 8.18. The van der Waals surface area contributed by atoms with E-state index in [1.165, 1.54) is 0 Å². The fourth-order valence-corrected chi connectivity index (χ4v) is 4.31. The van der Waals surface area contributed by atoms with Crippen molar-refractivity contribution in [1.82, 2.24) is 0 Å². The number of hydrogen-bond acceptors (Lipinski definition) is 2. The summed E-state index contributed by atoms with van der Waals surface area (Å²) in [5, 5.41) is 0. The molecule has 180 valence electrons. The molecule has 0 unspecified atom stereocenters. The highest BCUT2D eigenvalue weighted by Gasteiger charge is 2.18. The lowest BCUT2D eigenvalue weighted by Gasteiger charge is -2.19. The van der Waals surface area contributed by atoms with Crippen molar-refractivity contribution in [2.45, 2.75) is 0 Å². The molecule has 0 bridgehead atoms. The monoisotopic (exact) mass is 602 g/mol. The molecule has 4 nitrogen and oxygen atoms in total. The molecular weight excluding hydrogens is 580 g/mol. The van der Waals surface area contributed by atoms with Crippen molar-refractivity contribution >= 4 is 67.2 Å². The number of amides is 2. The normalized spacial score (nSPS) is 10.9. The SMILES string of the molecule is CN(C(=O)c1ccccc1/C=C/c1ccccc1C(=O)N(C)c1ccc(Br)cc1)c1ccc(Br)cc1. The van der Waals surface area contributed by atoms with Gasteiger partial charge in [-0.1, -0.05) is 80.4 Å². The Bertz CT molecular complexity index is 1300. The zero-order chi connectivity index (χ0) is 25.7. The highest BCUT2D eigenvalue weighted by atomic mass is 79.9. The van der Waals surface area contributed by atoms with Gasteiger partial charge in [-0.25, -0.2) is 0 Å². The van der Waals surface area contributed by atoms with Crippen LogP contribution in [0.3, 0.4) is 0 Å². The number of benzene rings is 4. The minimum atomic E-state index is -0.114. The molecule has 0 aliphatic rings. The molecule has 4 aromatic carbocycles. The Hall–Kier alpha value is -3.48. The van der Waals surface area contributed by atoms with E-state index >= 15 is 0 Å². The lowest BCUT2D eigenvalue weighted by Crippen LogP contribution is -2.27. The Labute approximate surface area is 228 Å². The van der Waals surface area contributed by atoms with Gasteiger partial charge in [0.2, 0.25) is 0 Å². The Morgan fingerprint density at radius 2 is 0.889 bits per heavy atom. The highest BCUT2D eigenvalue weighted by Crippen LogP contribution is 2.24. The van der Waals surface area contributed by atoms with Crippen molar-refractivity contribution in [2.24, 2.45) is 0 Å². The van der Waals surface area contributed by atoms with Gasteiger partial charge in [0.1, 0.15) is 0 Å². The molecule has 6 heteroatoms. The Morgan fingerprint density at radius 1 is 0.556 bits per heavy atom. The Morgan fingerprint density at radius 3 is 1.25 bits per heavy atom. The fraction of sp³-hybridized carbons (Fsp3) is 0.0667. The predicted octanol–water partition coefficient (Wildman–Crippen LogP) is 7.94. The molecule has 0 aliphatic heterocycles. The van der Waals surface area contributed by atoms with Crippen molar-refractivity contribution in [3.8, 4) is 0 Å². The van der Waals surface area contributed by atoms with E-state index in [0.29, 0.717) is 11.1 Å². The lowest BCUT2D eigenvalue weighted by molar-refractivity contribution is 0.0985. The third kappa shape index (κ3) is 5.83. The molecule has 0 radical (unpaired) electrons. The summed E-state index contributed by atoms with van der Waals surface area (Å²) in [6.45, 7) is 0. The number of rotatable bonds is 6. The maximum absolute atomic E-state index is 13.3. The van der Waals surface area contributed by atoms with Gasteiger partial charge in [-0.15, -0.1) is 0 Å². The van der Waals surface area contributed by atoms with Crippen LogP contribution >= 0.6 is 31.9 Å². The molecule has 0 spiro atoms. The van der Waals surface area contributed by atoms with E-state index in [9.17, 15) is 9.59 Å². The molecular formula is C30H24Br2N2O2. The third-order valence-corrected chi connectivity index (χ3v) is 6.92. The van der Waals surface area contributed by atoms with Crippen LogP contribution < -0.4 is 9.80 Å². The minimum absolute atomic E-state index is 0.114. The molecule has 2 amide bonds. The summed E-state index contributed by atoms with van der Waals surface area (Å²) in [6.07, 6.45) is 3.77. The number of carbonyl (C=O) groups excluding carboxylic acids is 2. The first kappa shape index (κ1) is 25.6. The highest BCUT2D eigenvalue weighted by molar-refractivity contribution is 9.10. The van der Waals surface area contributed by atoms with E-state index in [2.05, 4.69) is 31.9 Å². The van der Waals surface area contributed by atoms with Crippen LogP contribution in [0.15, 0.2) is 106 Å². The van der Waals surface area contributed by atoms with Crippen LogP contribution in [0, 0.1) is 0 Å². The lowest BCUT2D eigenvalue weighted by atomic mass is 10.0. The Balaban J connectivity index is 1.61. The molecule has 0 heterocycles. The number of halogens is 2. The van der Waals surface area contributed by atoms with Crippen LogP contribution in [0.4, 0.5) is 11.4 Å². The van der Waals surface area contributed by atoms with Crippen LogP contribution in [-0.2, 0) is 0 Å². The van der Waals surface area contributed by atoms with E-state index in [1.54, 1.807) is 23.9 Å². The summed E-state index contributed by atoms with van der Waals surface area (Å²) < 4.78 is 1.91. The maximum Gasteiger partial charge on any atom is 0.258 e. The van der Waals surface area contributed by atoms with Crippen LogP contribution in [0.5, 0.6) is 0 Å². The minimum Gasteiger partial charge on any atom is -0.311 e. The van der Waals surface area contributed by atoms with E-state index in [4.69, 9.17) is 0 Å². The van der Waals surface area contributed by atoms with Gasteiger partial charge in [0.25, 0.3) is 11.8 Å². The molecule has 0 atom stereocenters. The fourth-order valence-electron chi connectivity index (χ4n) is 3.78. The first-order chi connectivity index (χ1) is 17.3. The van der Waals surface area contributed by atoms with Gasteiger partial charge < -0.3 is 9.80 Å². The van der Waals surface area contributed by atoms with Crippen LogP contribution in [-0.4, -0.2) is 25.9 Å². The summed E-state index contributed by atoms with van der Waals surface area (Å²) in [7, 11) is 3.52. The third-order valence-electron chi connectivity index (χ3n) is 5.86. The van der Waals surface area contributed by atoms with Gasteiger partial charge in [0, 0.05) is 45.5 Å². The second kappa shape index (κ2) is 11.5. The first-order valence-corrected chi connectivity index (χ1v) is 12.9. The zero-order valence-electron chi connectivity index (χ0n) is 19.9. The standard InChI is InChI=1S/C30H24Br2N2O2/c1-33(25-17-13-23(31)14-18-25)29(35)27-9-5-3-7-21(27)11-12-22-8-4-6-10-28(22)30(36)34(2)26-19-15-24(32)16-20-26/h3-20H,1-2H3/b12-11+. The van der Waals surface area contributed by atoms with Crippen molar-refractivity contribution in [3.05, 3.63) is 128 Å². The van der Waals surface area contributed by atoms with Gasteiger partial charge in [0.05, 0.1) is 0 Å². The van der Waals surface area contributed by atoms with E-state index < -0.39 is 0 Å². The van der Waals surface area contributed by atoms with E-state index in [1.807, 2.05) is 109 Å². The number of nitrogens with zero attached hydrogens (tertiary/aromatic N) is 2. The van der Waals surface area contributed by atoms with Crippen molar-refractivity contribution in [1.29, 1.82) is 0 Å².